The van der Waals surface area contributed by atoms with E-state index in [1.165, 1.54) is 27.7 Å². The van der Waals surface area contributed by atoms with Gasteiger partial charge in [-0.1, -0.05) is 59.6 Å². The quantitative estimate of drug-likeness (QED) is 0.0784. The molecular formula is C46H44BrCl2IN10O4S2Zn. The van der Waals surface area contributed by atoms with Crippen molar-refractivity contribution in [3.63, 3.8) is 0 Å². The van der Waals surface area contributed by atoms with Crippen LogP contribution in [0, 0.1) is 9.21 Å². The molecule has 344 valence electrons. The minimum Gasteiger partial charge on any atom is -0.394 e. The average Bonchev–Trinajstić information content (AvgIpc) is 4.23. The summed E-state index contributed by atoms with van der Waals surface area (Å²) >= 11 is 21.7. The van der Waals surface area contributed by atoms with Gasteiger partial charge >= 0.3 is 30.0 Å². The fraction of sp³-hybridized carbons (Fsp3) is 0.261. The third kappa shape index (κ3) is 12.6. The minimum atomic E-state index is 0.0669. The zero-order chi connectivity index (χ0) is 47.3. The first-order chi connectivity index (χ1) is 32.7. The smallest absolute Gasteiger partial charge is 0.0221 e. The third-order valence-electron chi connectivity index (χ3n) is 11.0. The number of amides is 2. The molecule has 0 unspecified atom stereocenters. The van der Waals surface area contributed by atoms with E-state index in [1.54, 1.807) is 47.3 Å². The Bertz CT molecular complexity index is 2840. The molecular weight excluding hydrogens is 1160 g/mol. The van der Waals surface area contributed by atoms with Crippen molar-refractivity contribution in [3.8, 4) is 22.2 Å². The summed E-state index contributed by atoms with van der Waals surface area (Å²) in [5.41, 5.74) is 7.51. The SMILES string of the molecule is COc1cc(N2CCN(C(=O)Cn3nc(-c4nccs4)c4ccccc43)CC2)ccc1Cl.COc1cc(N2CCN(C(=O)Cn3nc(I)c4ccccc43)CC2)ccc1Cl.[Zn+][Br].[c-]1nccs1. The van der Waals surface area contributed by atoms with Gasteiger partial charge in [-0.05, 0) is 64.5 Å². The molecule has 0 bridgehead atoms. The predicted molar refractivity (Wildman–Crippen MR) is 277 cm³/mol. The Morgan fingerprint density at radius 1 is 0.701 bits per heavy atom. The Kier molecular flexibility index (Phi) is 18.7. The van der Waals surface area contributed by atoms with Gasteiger partial charge < -0.3 is 34.1 Å². The van der Waals surface area contributed by atoms with Crippen LogP contribution in [0.25, 0.3) is 32.5 Å². The maximum absolute atomic E-state index is 13.1. The number of anilines is 2. The molecule has 4 aromatic heterocycles. The zero-order valence-electron chi connectivity index (χ0n) is 36.6. The van der Waals surface area contributed by atoms with Crippen molar-refractivity contribution in [1.82, 2.24) is 39.3 Å². The fourth-order valence-electron chi connectivity index (χ4n) is 7.68. The van der Waals surface area contributed by atoms with Gasteiger partial charge in [-0.25, -0.2) is 4.98 Å². The first kappa shape index (κ1) is 50.5. The molecule has 67 heavy (non-hydrogen) atoms. The topological polar surface area (TPSA) is 127 Å². The molecule has 0 saturated carbocycles. The molecule has 0 aliphatic carbocycles. The van der Waals surface area contributed by atoms with Crippen LogP contribution in [0.3, 0.4) is 0 Å². The second-order valence-corrected chi connectivity index (χ2v) is 18.2. The molecule has 8 aromatic rings. The van der Waals surface area contributed by atoms with E-state index >= 15 is 0 Å². The predicted octanol–water partition coefficient (Wildman–Crippen LogP) is 9.61. The summed E-state index contributed by atoms with van der Waals surface area (Å²) in [5, 5.41) is 17.2. The molecule has 0 radical (unpaired) electrons. The van der Waals surface area contributed by atoms with E-state index < -0.39 is 0 Å². The Hall–Kier alpha value is -4.37. The molecule has 6 heterocycles. The van der Waals surface area contributed by atoms with Crippen LogP contribution < -0.4 is 19.3 Å². The number of hydrogen-bond donors (Lipinski definition) is 0. The van der Waals surface area contributed by atoms with E-state index in [9.17, 15) is 9.59 Å². The number of thiazole rings is 2. The van der Waals surface area contributed by atoms with Crippen molar-refractivity contribution in [1.29, 1.82) is 0 Å². The van der Waals surface area contributed by atoms with Gasteiger partial charge in [0.15, 0.2) is 0 Å². The zero-order valence-corrected chi connectivity index (χ0v) is 46.5. The minimum absolute atomic E-state index is 0.0669. The number of piperazine rings is 2. The summed E-state index contributed by atoms with van der Waals surface area (Å²) in [5.74, 6) is 1.48. The molecule has 0 N–H and O–H groups in total. The number of benzene rings is 4. The molecule has 2 aliphatic rings. The van der Waals surface area contributed by atoms with E-state index in [0.29, 0.717) is 47.7 Å². The summed E-state index contributed by atoms with van der Waals surface area (Å²) in [6.07, 6.45) is 3.49. The van der Waals surface area contributed by atoms with Crippen molar-refractivity contribution in [2.45, 2.75) is 13.1 Å². The van der Waals surface area contributed by atoms with Gasteiger partial charge in [0.1, 0.15) is 39.0 Å². The van der Waals surface area contributed by atoms with E-state index in [0.717, 1.165) is 73.8 Å². The van der Waals surface area contributed by atoms with E-state index in [2.05, 4.69) is 66.6 Å². The Morgan fingerprint density at radius 3 is 1.67 bits per heavy atom. The second-order valence-electron chi connectivity index (χ2n) is 14.8. The first-order valence-electron chi connectivity index (χ1n) is 20.9. The molecule has 2 fully saturated rings. The molecule has 0 spiro atoms. The number of ether oxygens (including phenoxy) is 2. The van der Waals surface area contributed by atoms with Gasteiger partial charge in [0, 0.05) is 98.2 Å². The number of carbonyl (C=O) groups excluding carboxylic acids is 2. The number of halogens is 4. The number of aromatic nitrogens is 6. The van der Waals surface area contributed by atoms with Crippen LogP contribution in [-0.4, -0.2) is 118 Å². The van der Waals surface area contributed by atoms with Gasteiger partial charge in [0.05, 0.1) is 35.3 Å². The largest absolute Gasteiger partial charge is 0.394 e. The normalized spacial score (nSPS) is 13.6. The summed E-state index contributed by atoms with van der Waals surface area (Å²) in [4.78, 5) is 42.2. The fourth-order valence-corrected chi connectivity index (χ4v) is 9.73. The van der Waals surface area contributed by atoms with Crippen molar-refractivity contribution in [2.75, 3.05) is 76.4 Å². The second kappa shape index (κ2) is 24.8. The van der Waals surface area contributed by atoms with Crippen molar-refractivity contribution >= 4 is 127 Å². The van der Waals surface area contributed by atoms with Crippen molar-refractivity contribution in [2.24, 2.45) is 0 Å². The van der Waals surface area contributed by atoms with Gasteiger partial charge in [-0.3, -0.25) is 30.3 Å². The Labute approximate surface area is 436 Å². The number of para-hydroxylation sites is 2. The van der Waals surface area contributed by atoms with Crippen molar-refractivity contribution < 1.29 is 35.4 Å². The van der Waals surface area contributed by atoms with E-state index in [-0.39, 0.29) is 24.9 Å². The Morgan fingerprint density at radius 2 is 1.21 bits per heavy atom. The standard InChI is InChI=1S/C23H22ClN5O2S.C20H20ClIN4O2.C3H2NS.BrH.Zn/c1-31-20-14-16(6-7-18(20)24)27-9-11-28(12-10-27)21(30)15-29-19-5-3-2-4-17(19)22(26-29)23-25-8-13-32-23;1-28-18-12-14(6-7-16(18)21)24-8-10-25(11-9-24)19(27)13-26-17-5-3-2-4-15(17)20(22)23-26;1-2-5-3-4-1;;/h2-8,13-14H,9-12,15H2,1H3;2-7,12H,8-11,13H2,1H3;1-2H;1H;/q;;-1;;+2/p-1. The van der Waals surface area contributed by atoms with E-state index in [4.69, 9.17) is 37.8 Å². The summed E-state index contributed by atoms with van der Waals surface area (Å²) in [6, 6.07) is 27.5. The number of carbonyl (C=O) groups is 2. The third-order valence-corrected chi connectivity index (χ3v) is 13.7. The molecule has 0 atom stereocenters. The van der Waals surface area contributed by atoms with Gasteiger partial charge in [0.2, 0.25) is 11.8 Å². The molecule has 21 heteroatoms. The molecule has 14 nitrogen and oxygen atoms in total. The maximum atomic E-state index is 13.1. The molecule has 2 amide bonds. The van der Waals surface area contributed by atoms with Crippen LogP contribution in [0.1, 0.15) is 0 Å². The maximum Gasteiger partial charge on any atom is -0.0221 e. The summed E-state index contributed by atoms with van der Waals surface area (Å²) in [6.45, 7) is 6.19. The molecule has 10 rings (SSSR count). The van der Waals surface area contributed by atoms with Gasteiger partial charge in [0.25, 0.3) is 0 Å². The monoisotopic (exact) mass is 1200 g/mol. The summed E-state index contributed by atoms with van der Waals surface area (Å²) < 4.78 is 15.2. The van der Waals surface area contributed by atoms with E-state index in [1.807, 2.05) is 105 Å². The van der Waals surface area contributed by atoms with Crippen LogP contribution in [0.15, 0.2) is 108 Å². The van der Waals surface area contributed by atoms with Crippen molar-refractivity contribution in [3.05, 3.63) is 127 Å². The van der Waals surface area contributed by atoms with Crippen LogP contribution in [0.5, 0.6) is 11.5 Å². The number of hydrogen-bond acceptors (Lipinski definition) is 12. The first-order valence-corrected chi connectivity index (χ1v) is 31.5. The number of rotatable bonds is 9. The van der Waals surface area contributed by atoms with Crippen LogP contribution in [0.4, 0.5) is 11.4 Å². The van der Waals surface area contributed by atoms with Gasteiger partial charge in [-0.15, -0.1) is 22.9 Å². The molecule has 4 aromatic carbocycles. The number of methoxy groups -OCH3 is 2. The number of nitrogens with zero attached hydrogens (tertiary/aromatic N) is 10. The molecule has 2 aliphatic heterocycles. The molecule has 2 saturated heterocycles. The van der Waals surface area contributed by atoms with Crippen LogP contribution in [-0.2, 0) is 39.0 Å². The van der Waals surface area contributed by atoms with Crippen LogP contribution >= 0.6 is 82.1 Å². The summed E-state index contributed by atoms with van der Waals surface area (Å²) in [7, 11) is 3.22. The van der Waals surface area contributed by atoms with Crippen LogP contribution in [0.2, 0.25) is 10.0 Å². The van der Waals surface area contributed by atoms with Gasteiger partial charge in [-0.2, -0.15) is 10.2 Å². The average molecular weight is 1210 g/mol. The Balaban J connectivity index is 0.000000175. The number of fused-ring (bicyclic) bond motifs is 2.